The number of aromatic hydroxyl groups is 3. The van der Waals surface area contributed by atoms with Gasteiger partial charge < -0.3 is 39.7 Å². The first-order valence-electron chi connectivity index (χ1n) is 22.6. The summed E-state index contributed by atoms with van der Waals surface area (Å²) in [5.74, 6) is 6.00. The first-order valence-corrected chi connectivity index (χ1v) is 24.3. The minimum Gasteiger partial charge on any atom is -0.507 e. The van der Waals surface area contributed by atoms with Gasteiger partial charge in [-0.3, -0.25) is 14.4 Å². The van der Waals surface area contributed by atoms with Crippen molar-refractivity contribution in [1.82, 2.24) is 46.3 Å². The molecule has 388 valence electrons. The highest BCUT2D eigenvalue weighted by molar-refractivity contribution is 7.10. The third-order valence-corrected chi connectivity index (χ3v) is 10.3. The van der Waals surface area contributed by atoms with Crippen molar-refractivity contribution in [3.63, 3.8) is 0 Å². The predicted molar refractivity (Wildman–Crippen MR) is 276 cm³/mol. The summed E-state index contributed by atoms with van der Waals surface area (Å²) >= 11 is 2.90. The zero-order valence-corrected chi connectivity index (χ0v) is 45.7. The maximum atomic E-state index is 11.1. The third kappa shape index (κ3) is 28.8. The second-order valence-corrected chi connectivity index (χ2v) is 19.1. The van der Waals surface area contributed by atoms with Crippen LogP contribution >= 0.6 is 22.9 Å². The summed E-state index contributed by atoms with van der Waals surface area (Å²) in [4.78, 5) is 41.9. The van der Waals surface area contributed by atoms with Crippen LogP contribution in [0.25, 0.3) is 0 Å². The largest absolute Gasteiger partial charge is 0.507 e. The van der Waals surface area contributed by atoms with Crippen LogP contribution in [-0.2, 0) is 14.4 Å². The molecule has 5 aromatic rings. The second-order valence-electron chi connectivity index (χ2n) is 17.5. The summed E-state index contributed by atoms with van der Waals surface area (Å²) in [5, 5.41) is 52.5. The highest BCUT2D eigenvalue weighted by atomic mass is 32.1. The number of rotatable bonds is 8. The van der Waals surface area contributed by atoms with E-state index in [1.165, 1.54) is 22.7 Å². The maximum absolute atomic E-state index is 11.1. The summed E-state index contributed by atoms with van der Waals surface area (Å²) in [6.07, 6.45) is 2.40. The number of carbonyl (C=O) groups is 2. The normalized spacial score (nSPS) is 11.1. The van der Waals surface area contributed by atoms with Gasteiger partial charge in [0.1, 0.15) is 29.4 Å². The number of nitrogens with one attached hydrogen (secondary N) is 4. The average molecular weight is 1010 g/mol. The van der Waals surface area contributed by atoms with Crippen LogP contribution in [0.3, 0.4) is 0 Å². The predicted octanol–water partition coefficient (Wildman–Crippen LogP) is 10.3. The molecular weight excluding hydrogens is 925 g/mol. The van der Waals surface area contributed by atoms with E-state index >= 15 is 0 Å². The summed E-state index contributed by atoms with van der Waals surface area (Å²) in [6.45, 7) is 37.1. The van der Waals surface area contributed by atoms with Crippen LogP contribution in [0.2, 0.25) is 0 Å². The quantitative estimate of drug-likeness (QED) is 0.0761. The molecule has 19 nitrogen and oxygen atoms in total. The number of hydrogen-bond donors (Lipinski definition) is 7. The highest BCUT2D eigenvalue weighted by Crippen LogP contribution is 2.26. The first-order chi connectivity index (χ1) is 32.1. The Morgan fingerprint density at radius 3 is 1.54 bits per heavy atom. The Morgan fingerprint density at radius 2 is 1.32 bits per heavy atom. The van der Waals surface area contributed by atoms with Crippen LogP contribution in [0.5, 0.6) is 17.2 Å². The number of amides is 2. The SMILES string of the molecule is C=C1N=C(C(C)C)NO1.CC(C)c1cc(O)cs1.CC(C)c1cocc(O)c1=O.CC(C)c1nn[nH]n1.CC(C)c1nscc1O.CNC(=O)C(C)C.CNC(=O)C(C)C.Cc1cc(C(C)C)on1. The van der Waals surface area contributed by atoms with Gasteiger partial charge in [-0.15, -0.1) is 21.5 Å². The molecule has 0 aliphatic carbocycles. The van der Waals surface area contributed by atoms with Gasteiger partial charge in [-0.05, 0) is 42.9 Å². The van der Waals surface area contributed by atoms with Crippen molar-refractivity contribution in [2.75, 3.05) is 14.1 Å². The minimum absolute atomic E-state index is 0.0818. The fraction of sp³-hybridized carbons (Fsp3) is 0.562. The fourth-order valence-corrected chi connectivity index (χ4v) is 5.77. The van der Waals surface area contributed by atoms with Gasteiger partial charge in [0.25, 0.3) is 0 Å². The average Bonchev–Trinajstić information content (AvgIpc) is 4.15. The number of hydroxylamine groups is 1. The number of aromatic nitrogens is 6. The molecule has 69 heavy (non-hydrogen) atoms. The van der Waals surface area contributed by atoms with Gasteiger partial charge in [-0.25, -0.2) is 5.48 Å². The van der Waals surface area contributed by atoms with E-state index < -0.39 is 0 Å². The molecule has 1 aliphatic heterocycles. The summed E-state index contributed by atoms with van der Waals surface area (Å²) in [5.41, 5.74) is 4.58. The third-order valence-electron chi connectivity index (χ3n) is 8.49. The summed E-state index contributed by atoms with van der Waals surface area (Å²) < 4.78 is 13.7. The molecule has 0 saturated heterocycles. The highest BCUT2D eigenvalue weighted by Gasteiger charge is 2.12. The minimum atomic E-state index is -0.341. The zero-order valence-electron chi connectivity index (χ0n) is 44.1. The van der Waals surface area contributed by atoms with Gasteiger partial charge >= 0.3 is 0 Å². The number of hydrogen-bond acceptors (Lipinski definition) is 18. The number of H-pyrrole nitrogens is 1. The Hall–Kier alpha value is -6.09. The lowest BCUT2D eigenvalue weighted by molar-refractivity contribution is -0.124. The van der Waals surface area contributed by atoms with Crippen LogP contribution < -0.4 is 21.5 Å². The zero-order chi connectivity index (χ0) is 53.6. The van der Waals surface area contributed by atoms with Crippen molar-refractivity contribution in [1.29, 1.82) is 0 Å². The van der Waals surface area contributed by atoms with Crippen LogP contribution in [0.1, 0.15) is 174 Å². The van der Waals surface area contributed by atoms with Crippen LogP contribution in [0.15, 0.2) is 66.6 Å². The molecule has 0 radical (unpaired) electrons. The van der Waals surface area contributed by atoms with Crippen molar-refractivity contribution in [3.05, 3.63) is 91.5 Å². The van der Waals surface area contributed by atoms with Crippen molar-refractivity contribution in [2.45, 2.75) is 147 Å². The smallest absolute Gasteiger partial charge is 0.240 e. The standard InChI is InChI=1S/C8H10O3.C7H11NO.C7H10OS.C6H10N2O.C6H9NOS.2C5H11NO.C4H8N4/c1-5(2)6-3-11-4-7(9)8(6)10;1-5(2)7-4-6(3)8-9-7;1-5(2)7-3-6(8)4-9-7;1-4(2)6-7-5(3)9-8-6;1-4(2)6-5(8)3-9-7-6;2*1-4(2)5(7)6-3;1-3(2)4-5-7-8-6-4/h3-5,9H,1-2H3;4-5H,1-3H3;3-5,8H,1-2H3;4H,3H2,1-2H3,(H,7,8);3-4,8H,1-2H3;2*4H,1-3H3,(H,6,7);3H,1-2H3,(H,5,6,7,8). The number of amidine groups is 1. The molecule has 7 N–H and O–H groups in total. The Balaban J connectivity index is 0. The lowest BCUT2D eigenvalue weighted by Crippen LogP contribution is -2.22. The summed E-state index contributed by atoms with van der Waals surface area (Å²) in [6, 6.07) is 3.78. The Kier molecular flexibility index (Phi) is 33.0. The van der Waals surface area contributed by atoms with Gasteiger partial charge in [-0.1, -0.05) is 121 Å². The molecule has 0 aromatic carbocycles. The molecule has 2 amide bonds. The van der Waals surface area contributed by atoms with Crippen molar-refractivity contribution < 1.29 is 38.7 Å². The molecule has 0 saturated carbocycles. The number of aryl methyl sites for hydroxylation is 1. The monoisotopic (exact) mass is 1000 g/mol. The number of tetrazole rings is 1. The van der Waals surface area contributed by atoms with E-state index in [0.29, 0.717) is 52.5 Å². The van der Waals surface area contributed by atoms with Crippen molar-refractivity contribution in [2.24, 2.45) is 22.7 Å². The number of nitrogens with zero attached hydrogens (tertiary/aromatic N) is 6. The number of aliphatic imine (C=N–C) groups is 1. The van der Waals surface area contributed by atoms with Gasteiger partial charge in [0, 0.05) is 71.5 Å². The molecule has 0 unspecified atom stereocenters. The lowest BCUT2D eigenvalue weighted by atomic mass is 10.1. The van der Waals surface area contributed by atoms with Gasteiger partial charge in [-0.2, -0.15) is 14.6 Å². The molecule has 1 aliphatic rings. The molecular formula is C48H80N10O9S2. The van der Waals surface area contributed by atoms with E-state index in [4.69, 9.17) is 29.1 Å². The molecule has 5 aromatic heterocycles. The van der Waals surface area contributed by atoms with E-state index in [1.807, 2.05) is 102 Å². The van der Waals surface area contributed by atoms with E-state index in [0.717, 1.165) is 35.1 Å². The summed E-state index contributed by atoms with van der Waals surface area (Å²) in [7, 11) is 3.28. The van der Waals surface area contributed by atoms with Crippen molar-refractivity contribution >= 4 is 40.5 Å². The van der Waals surface area contributed by atoms with Crippen molar-refractivity contribution in [3.8, 4) is 17.2 Å². The van der Waals surface area contributed by atoms with E-state index in [9.17, 15) is 14.4 Å². The molecule has 21 heteroatoms. The molecule has 6 heterocycles. The molecule has 0 spiro atoms. The molecule has 0 fully saturated rings. The van der Waals surface area contributed by atoms with Gasteiger partial charge in [0.05, 0.1) is 23.0 Å². The Bertz CT molecular complexity index is 2180. The van der Waals surface area contributed by atoms with E-state index in [-0.39, 0.29) is 40.7 Å². The maximum Gasteiger partial charge on any atom is 0.240 e. The van der Waals surface area contributed by atoms with Crippen LogP contribution in [-0.4, -0.2) is 77.2 Å². The number of carbonyl (C=O) groups excluding carboxylic acids is 2. The van der Waals surface area contributed by atoms with Gasteiger partial charge in [0.2, 0.25) is 23.1 Å². The van der Waals surface area contributed by atoms with E-state index in [2.05, 4.69) is 85.5 Å². The van der Waals surface area contributed by atoms with Crippen LogP contribution in [0, 0.1) is 24.7 Å². The molecule has 6 rings (SSSR count). The van der Waals surface area contributed by atoms with E-state index in [1.54, 1.807) is 36.2 Å². The van der Waals surface area contributed by atoms with Crippen LogP contribution in [0.4, 0.5) is 0 Å². The molecule has 0 bridgehead atoms. The topological polar surface area (TPSA) is 276 Å². The Morgan fingerprint density at radius 1 is 0.739 bits per heavy atom. The number of thiophene rings is 1. The van der Waals surface area contributed by atoms with Gasteiger partial charge in [0.15, 0.2) is 11.6 Å². The lowest BCUT2D eigenvalue weighted by Gasteiger charge is -2.01. The first kappa shape index (κ1) is 65.0. The number of aromatic amines is 1. The fourth-order valence-electron chi connectivity index (χ4n) is 4.30. The molecule has 0 atom stereocenters. The second kappa shape index (κ2) is 35.1. The Labute approximate surface area is 416 Å².